The molecule has 0 bridgehead atoms. The Morgan fingerprint density at radius 3 is 2.71 bits per heavy atom. The zero-order valence-electron chi connectivity index (χ0n) is 13.1. The molecule has 2 fully saturated rings. The summed E-state index contributed by atoms with van der Waals surface area (Å²) in [7, 11) is 0. The third-order valence-corrected chi connectivity index (χ3v) is 5.09. The minimum Gasteiger partial charge on any atom is -0.337 e. The SMILES string of the molecule is CC1CCC(CN)CN1CC(=O)NC1(C#N)CCCCC1. The molecule has 0 radical (unpaired) electrons. The summed E-state index contributed by atoms with van der Waals surface area (Å²) in [4.78, 5) is 14.6. The topological polar surface area (TPSA) is 82.2 Å². The molecule has 1 heterocycles. The minimum atomic E-state index is -0.623. The second-order valence-electron chi connectivity index (χ2n) is 6.76. The van der Waals surface area contributed by atoms with Crippen molar-refractivity contribution in [2.24, 2.45) is 11.7 Å². The fourth-order valence-electron chi connectivity index (χ4n) is 3.59. The highest BCUT2D eigenvalue weighted by Gasteiger charge is 2.34. The van der Waals surface area contributed by atoms with Gasteiger partial charge in [-0.25, -0.2) is 0 Å². The molecule has 0 aromatic rings. The molecule has 118 valence electrons. The van der Waals surface area contributed by atoms with Crippen LogP contribution in [0.3, 0.4) is 0 Å². The lowest BCUT2D eigenvalue weighted by atomic mass is 9.83. The van der Waals surface area contributed by atoms with Crippen molar-refractivity contribution in [3.63, 3.8) is 0 Å². The zero-order chi connectivity index (χ0) is 15.3. The number of nitrogens with zero attached hydrogens (tertiary/aromatic N) is 2. The molecule has 5 heteroatoms. The van der Waals surface area contributed by atoms with Crippen LogP contribution >= 0.6 is 0 Å². The number of rotatable bonds is 4. The lowest BCUT2D eigenvalue weighted by Crippen LogP contribution is -2.54. The number of hydrogen-bond donors (Lipinski definition) is 2. The Kier molecular flexibility index (Phi) is 5.60. The molecule has 2 rings (SSSR count). The predicted octanol–water partition coefficient (Wildman–Crippen LogP) is 1.39. The van der Waals surface area contributed by atoms with E-state index in [0.717, 1.165) is 45.1 Å². The molecule has 1 aliphatic heterocycles. The summed E-state index contributed by atoms with van der Waals surface area (Å²) in [5, 5.41) is 12.4. The Morgan fingerprint density at radius 1 is 1.38 bits per heavy atom. The molecule has 0 aromatic heterocycles. The maximum absolute atomic E-state index is 12.3. The van der Waals surface area contributed by atoms with E-state index in [2.05, 4.69) is 23.2 Å². The summed E-state index contributed by atoms with van der Waals surface area (Å²) in [5.41, 5.74) is 5.14. The number of carbonyl (C=O) groups excluding carboxylic acids is 1. The number of nitrogens with one attached hydrogen (secondary N) is 1. The Labute approximate surface area is 127 Å². The molecule has 2 atom stereocenters. The third kappa shape index (κ3) is 4.18. The summed E-state index contributed by atoms with van der Waals surface area (Å²) in [6, 6.07) is 2.77. The van der Waals surface area contributed by atoms with Crippen LogP contribution < -0.4 is 11.1 Å². The van der Waals surface area contributed by atoms with Crippen LogP contribution in [0.2, 0.25) is 0 Å². The van der Waals surface area contributed by atoms with Crippen molar-refractivity contribution in [1.29, 1.82) is 5.26 Å². The molecule has 2 aliphatic rings. The van der Waals surface area contributed by atoms with Gasteiger partial charge in [0, 0.05) is 12.6 Å². The molecule has 1 saturated heterocycles. The highest BCUT2D eigenvalue weighted by Crippen LogP contribution is 2.27. The lowest BCUT2D eigenvalue weighted by Gasteiger charge is -2.38. The van der Waals surface area contributed by atoms with Gasteiger partial charge in [-0.2, -0.15) is 5.26 Å². The number of carbonyl (C=O) groups is 1. The molecule has 1 aliphatic carbocycles. The van der Waals surface area contributed by atoms with E-state index in [1.807, 2.05) is 0 Å². The Morgan fingerprint density at radius 2 is 2.10 bits per heavy atom. The van der Waals surface area contributed by atoms with E-state index in [-0.39, 0.29) is 5.91 Å². The third-order valence-electron chi connectivity index (χ3n) is 5.09. The van der Waals surface area contributed by atoms with Crippen molar-refractivity contribution in [2.45, 2.75) is 63.5 Å². The molecule has 5 nitrogen and oxygen atoms in total. The number of hydrogen-bond acceptors (Lipinski definition) is 4. The first-order valence-electron chi connectivity index (χ1n) is 8.25. The fourth-order valence-corrected chi connectivity index (χ4v) is 3.59. The molecule has 3 N–H and O–H groups in total. The van der Waals surface area contributed by atoms with Crippen LogP contribution in [0.4, 0.5) is 0 Å². The molecule has 2 unspecified atom stereocenters. The summed E-state index contributed by atoms with van der Waals surface area (Å²) < 4.78 is 0. The standard InChI is InChI=1S/C16H28N4O/c1-13-5-6-14(9-17)10-20(13)11-15(21)19-16(12-18)7-3-2-4-8-16/h13-14H,2-11,17H2,1H3,(H,19,21). The second kappa shape index (κ2) is 7.24. The van der Waals surface area contributed by atoms with Crippen LogP contribution in [0.25, 0.3) is 0 Å². The van der Waals surface area contributed by atoms with Crippen LogP contribution in [0.5, 0.6) is 0 Å². The van der Waals surface area contributed by atoms with Crippen LogP contribution in [0.1, 0.15) is 51.9 Å². The number of nitrogens with two attached hydrogens (primary N) is 1. The number of piperidine rings is 1. The van der Waals surface area contributed by atoms with Crippen molar-refractivity contribution in [2.75, 3.05) is 19.6 Å². The van der Waals surface area contributed by atoms with E-state index >= 15 is 0 Å². The first-order valence-corrected chi connectivity index (χ1v) is 8.25. The van der Waals surface area contributed by atoms with Crippen molar-refractivity contribution >= 4 is 5.91 Å². The monoisotopic (exact) mass is 292 g/mol. The smallest absolute Gasteiger partial charge is 0.235 e. The van der Waals surface area contributed by atoms with Crippen molar-refractivity contribution in [1.82, 2.24) is 10.2 Å². The predicted molar refractivity (Wildman–Crippen MR) is 82.4 cm³/mol. The van der Waals surface area contributed by atoms with E-state index in [1.54, 1.807) is 0 Å². The summed E-state index contributed by atoms with van der Waals surface area (Å²) >= 11 is 0. The van der Waals surface area contributed by atoms with Gasteiger partial charge < -0.3 is 11.1 Å². The Hall–Kier alpha value is -1.12. The van der Waals surface area contributed by atoms with E-state index in [4.69, 9.17) is 5.73 Å². The highest BCUT2D eigenvalue weighted by atomic mass is 16.2. The van der Waals surface area contributed by atoms with Crippen LogP contribution in [-0.4, -0.2) is 42.0 Å². The Balaban J connectivity index is 1.89. The number of likely N-dealkylation sites (tertiary alicyclic amines) is 1. The van der Waals surface area contributed by atoms with E-state index in [9.17, 15) is 10.1 Å². The maximum atomic E-state index is 12.3. The summed E-state index contributed by atoms with van der Waals surface area (Å²) in [6.45, 7) is 4.14. The number of nitriles is 1. The highest BCUT2D eigenvalue weighted by molar-refractivity contribution is 5.79. The van der Waals surface area contributed by atoms with Crippen molar-refractivity contribution in [3.8, 4) is 6.07 Å². The molecular weight excluding hydrogens is 264 g/mol. The van der Waals surface area contributed by atoms with Crippen molar-refractivity contribution in [3.05, 3.63) is 0 Å². The van der Waals surface area contributed by atoms with Gasteiger partial charge in [0.25, 0.3) is 0 Å². The van der Waals surface area contributed by atoms with E-state index in [1.165, 1.54) is 6.42 Å². The molecule has 21 heavy (non-hydrogen) atoms. The van der Waals surface area contributed by atoms with Gasteiger partial charge in [0.2, 0.25) is 5.91 Å². The van der Waals surface area contributed by atoms with Gasteiger partial charge >= 0.3 is 0 Å². The second-order valence-corrected chi connectivity index (χ2v) is 6.76. The van der Waals surface area contributed by atoms with Gasteiger partial charge in [0.1, 0.15) is 5.54 Å². The number of amides is 1. The average molecular weight is 292 g/mol. The van der Waals surface area contributed by atoms with Gasteiger partial charge in [-0.15, -0.1) is 0 Å². The van der Waals surface area contributed by atoms with Crippen LogP contribution in [0, 0.1) is 17.2 Å². The minimum absolute atomic E-state index is 0.0111. The first-order chi connectivity index (χ1) is 10.1. The van der Waals surface area contributed by atoms with Gasteiger partial charge in [-0.1, -0.05) is 19.3 Å². The van der Waals surface area contributed by atoms with Gasteiger partial charge in [0.15, 0.2) is 0 Å². The first kappa shape index (κ1) is 16.3. The summed E-state index contributed by atoms with van der Waals surface area (Å²) in [6.07, 6.45) is 7.05. The Bertz CT molecular complexity index is 398. The molecular formula is C16H28N4O. The molecule has 1 amide bonds. The fraction of sp³-hybridized carbons (Fsp3) is 0.875. The van der Waals surface area contributed by atoms with Gasteiger partial charge in [0.05, 0.1) is 12.6 Å². The largest absolute Gasteiger partial charge is 0.337 e. The molecule has 0 aromatic carbocycles. The molecule has 1 saturated carbocycles. The normalized spacial score (nSPS) is 29.6. The average Bonchev–Trinajstić information content (AvgIpc) is 2.50. The lowest BCUT2D eigenvalue weighted by molar-refractivity contribution is -0.125. The quantitative estimate of drug-likeness (QED) is 0.820. The van der Waals surface area contributed by atoms with Crippen LogP contribution in [0.15, 0.2) is 0 Å². The van der Waals surface area contributed by atoms with Crippen LogP contribution in [-0.2, 0) is 4.79 Å². The van der Waals surface area contributed by atoms with Gasteiger partial charge in [-0.05, 0) is 45.1 Å². The van der Waals surface area contributed by atoms with Crippen molar-refractivity contribution < 1.29 is 4.79 Å². The zero-order valence-corrected chi connectivity index (χ0v) is 13.1. The molecule has 0 spiro atoms. The van der Waals surface area contributed by atoms with E-state index in [0.29, 0.717) is 25.0 Å². The summed E-state index contributed by atoms with van der Waals surface area (Å²) in [5.74, 6) is 0.483. The van der Waals surface area contributed by atoms with Gasteiger partial charge in [-0.3, -0.25) is 9.69 Å². The van der Waals surface area contributed by atoms with E-state index < -0.39 is 5.54 Å². The maximum Gasteiger partial charge on any atom is 0.235 e.